The number of likely N-dealkylation sites (tertiary alicyclic amines) is 1. The molecule has 0 bridgehead atoms. The summed E-state index contributed by atoms with van der Waals surface area (Å²) in [6, 6.07) is 4.48. The van der Waals surface area contributed by atoms with Crippen molar-refractivity contribution in [1.29, 1.82) is 0 Å². The number of aromatic nitrogens is 1. The summed E-state index contributed by atoms with van der Waals surface area (Å²) in [6.07, 6.45) is 4.70. The number of aliphatic carboxylic acids is 1. The Bertz CT molecular complexity index is 362. The van der Waals surface area contributed by atoms with E-state index in [1.165, 1.54) is 5.69 Å². The van der Waals surface area contributed by atoms with Crippen LogP contribution in [0.15, 0.2) is 18.3 Å². The number of carboxylic acids is 1. The van der Waals surface area contributed by atoms with Gasteiger partial charge in [0.2, 0.25) is 0 Å². The summed E-state index contributed by atoms with van der Waals surface area (Å²) in [7, 11) is 0. The van der Waals surface area contributed by atoms with Gasteiger partial charge in [0.25, 0.3) is 0 Å². The summed E-state index contributed by atoms with van der Waals surface area (Å²) in [6.45, 7) is 3.88. The van der Waals surface area contributed by atoms with Gasteiger partial charge in [0.15, 0.2) is 0 Å². The van der Waals surface area contributed by atoms with Crippen LogP contribution in [0, 0.1) is 5.92 Å². The van der Waals surface area contributed by atoms with Crippen LogP contribution in [0.2, 0.25) is 0 Å². The number of nitrogens with one attached hydrogen (secondary N) is 1. The third kappa shape index (κ3) is 3.09. The fourth-order valence-electron chi connectivity index (χ4n) is 2.55. The van der Waals surface area contributed by atoms with Gasteiger partial charge in [-0.1, -0.05) is 0 Å². The largest absolute Gasteiger partial charge is 0.481 e. The van der Waals surface area contributed by atoms with E-state index in [-0.39, 0.29) is 5.92 Å². The van der Waals surface area contributed by atoms with Crippen LogP contribution in [0.25, 0.3) is 0 Å². The van der Waals surface area contributed by atoms with Gasteiger partial charge >= 0.3 is 5.97 Å². The predicted octanol–water partition coefficient (Wildman–Crippen LogP) is 1.74. The summed E-state index contributed by atoms with van der Waals surface area (Å²) >= 11 is 0. The van der Waals surface area contributed by atoms with Crippen LogP contribution >= 0.6 is 0 Å². The quantitative estimate of drug-likeness (QED) is 0.837. The molecule has 4 heteroatoms. The zero-order valence-corrected chi connectivity index (χ0v) is 10.2. The zero-order chi connectivity index (χ0) is 12.3. The highest BCUT2D eigenvalue weighted by Crippen LogP contribution is 2.20. The molecule has 1 aliphatic rings. The summed E-state index contributed by atoms with van der Waals surface area (Å²) in [5, 5.41) is 9.06. The first-order chi connectivity index (χ1) is 8.16. The second kappa shape index (κ2) is 5.36. The average Bonchev–Trinajstić information content (AvgIpc) is 2.82. The molecule has 17 heavy (non-hydrogen) atoms. The standard InChI is InChI=1S/C13H20N2O2/c1-10(8-12-5-2-6-14-12)15-7-3-4-11(9-15)13(16)17/h2,5-6,10-11,14H,3-4,7-9H2,1H3,(H,16,17). The Morgan fingerprint density at radius 2 is 2.53 bits per heavy atom. The van der Waals surface area contributed by atoms with Crippen molar-refractivity contribution in [2.24, 2.45) is 5.92 Å². The molecule has 1 aromatic heterocycles. The number of H-pyrrole nitrogens is 1. The summed E-state index contributed by atoms with van der Waals surface area (Å²) in [5.74, 6) is -0.836. The Hall–Kier alpha value is -1.29. The third-order valence-electron chi connectivity index (χ3n) is 3.60. The molecule has 1 aliphatic heterocycles. The van der Waals surface area contributed by atoms with E-state index in [0.29, 0.717) is 12.6 Å². The molecule has 1 fully saturated rings. The lowest BCUT2D eigenvalue weighted by molar-refractivity contribution is -0.143. The van der Waals surface area contributed by atoms with Crippen LogP contribution in [-0.2, 0) is 11.2 Å². The summed E-state index contributed by atoms with van der Waals surface area (Å²) < 4.78 is 0. The maximum absolute atomic E-state index is 11.0. The lowest BCUT2D eigenvalue weighted by Crippen LogP contribution is -2.44. The van der Waals surface area contributed by atoms with E-state index >= 15 is 0 Å². The molecule has 2 heterocycles. The van der Waals surface area contributed by atoms with Crippen LogP contribution < -0.4 is 0 Å². The fraction of sp³-hybridized carbons (Fsp3) is 0.615. The number of carboxylic acid groups (broad SMARTS) is 1. The highest BCUT2D eigenvalue weighted by Gasteiger charge is 2.27. The van der Waals surface area contributed by atoms with Crippen LogP contribution in [0.5, 0.6) is 0 Å². The monoisotopic (exact) mass is 236 g/mol. The SMILES string of the molecule is CC(Cc1ccc[nH]1)N1CCCC(C(=O)O)C1. The van der Waals surface area contributed by atoms with Crippen molar-refractivity contribution in [1.82, 2.24) is 9.88 Å². The van der Waals surface area contributed by atoms with Gasteiger partial charge in [0, 0.05) is 30.9 Å². The Labute approximate surface area is 102 Å². The minimum absolute atomic E-state index is 0.185. The van der Waals surface area contributed by atoms with E-state index in [9.17, 15) is 4.79 Å². The van der Waals surface area contributed by atoms with E-state index in [0.717, 1.165) is 25.8 Å². The van der Waals surface area contributed by atoms with Gasteiger partial charge in [-0.2, -0.15) is 0 Å². The van der Waals surface area contributed by atoms with Crippen LogP contribution in [-0.4, -0.2) is 40.1 Å². The molecule has 1 aromatic rings. The first-order valence-corrected chi connectivity index (χ1v) is 6.26. The lowest BCUT2D eigenvalue weighted by Gasteiger charge is -2.35. The van der Waals surface area contributed by atoms with Gasteiger partial charge in [-0.25, -0.2) is 0 Å². The second-order valence-corrected chi connectivity index (χ2v) is 4.92. The Morgan fingerprint density at radius 1 is 1.71 bits per heavy atom. The van der Waals surface area contributed by atoms with E-state index in [4.69, 9.17) is 5.11 Å². The third-order valence-corrected chi connectivity index (χ3v) is 3.60. The molecule has 2 atom stereocenters. The number of hydrogen-bond donors (Lipinski definition) is 2. The number of piperidine rings is 1. The van der Waals surface area contributed by atoms with Gasteiger partial charge in [0.1, 0.15) is 0 Å². The fourth-order valence-corrected chi connectivity index (χ4v) is 2.55. The van der Waals surface area contributed by atoms with Crippen molar-refractivity contribution in [3.05, 3.63) is 24.0 Å². The molecule has 0 saturated carbocycles. The van der Waals surface area contributed by atoms with E-state index < -0.39 is 5.97 Å². The van der Waals surface area contributed by atoms with Crippen molar-refractivity contribution in [3.63, 3.8) is 0 Å². The van der Waals surface area contributed by atoms with Crippen molar-refractivity contribution in [3.8, 4) is 0 Å². The molecule has 1 saturated heterocycles. The van der Waals surface area contributed by atoms with Gasteiger partial charge in [-0.05, 0) is 38.4 Å². The minimum Gasteiger partial charge on any atom is -0.481 e. The summed E-state index contributed by atoms with van der Waals surface area (Å²) in [4.78, 5) is 16.5. The molecule has 0 aromatic carbocycles. The maximum atomic E-state index is 11.0. The zero-order valence-electron chi connectivity index (χ0n) is 10.2. The average molecular weight is 236 g/mol. The molecule has 0 radical (unpaired) electrons. The molecule has 0 amide bonds. The normalized spacial score (nSPS) is 23.5. The second-order valence-electron chi connectivity index (χ2n) is 4.92. The van der Waals surface area contributed by atoms with Crippen molar-refractivity contribution >= 4 is 5.97 Å². The Kier molecular flexibility index (Phi) is 3.84. The van der Waals surface area contributed by atoms with Gasteiger partial charge in [-0.15, -0.1) is 0 Å². The molecule has 2 rings (SSSR count). The van der Waals surface area contributed by atoms with Crippen LogP contribution in [0.3, 0.4) is 0 Å². The maximum Gasteiger partial charge on any atom is 0.307 e. The number of aromatic amines is 1. The highest BCUT2D eigenvalue weighted by atomic mass is 16.4. The van der Waals surface area contributed by atoms with Gasteiger partial charge in [0.05, 0.1) is 5.92 Å². The van der Waals surface area contributed by atoms with Crippen LogP contribution in [0.4, 0.5) is 0 Å². The van der Waals surface area contributed by atoms with E-state index in [1.54, 1.807) is 0 Å². The molecule has 94 valence electrons. The highest BCUT2D eigenvalue weighted by molar-refractivity contribution is 5.70. The van der Waals surface area contributed by atoms with E-state index in [1.807, 2.05) is 12.3 Å². The Morgan fingerprint density at radius 3 is 3.18 bits per heavy atom. The topological polar surface area (TPSA) is 56.3 Å². The Balaban J connectivity index is 1.90. The molecule has 4 nitrogen and oxygen atoms in total. The van der Waals surface area contributed by atoms with Crippen molar-refractivity contribution in [2.75, 3.05) is 13.1 Å². The first-order valence-electron chi connectivity index (χ1n) is 6.26. The van der Waals surface area contributed by atoms with E-state index in [2.05, 4.69) is 22.9 Å². The van der Waals surface area contributed by atoms with Gasteiger partial charge in [-0.3, -0.25) is 9.69 Å². The molecule has 2 unspecified atom stereocenters. The lowest BCUT2D eigenvalue weighted by atomic mass is 9.96. The number of rotatable bonds is 4. The molecule has 0 spiro atoms. The summed E-state index contributed by atoms with van der Waals surface area (Å²) in [5.41, 5.74) is 1.22. The number of nitrogens with zero attached hydrogens (tertiary/aromatic N) is 1. The molecular weight excluding hydrogens is 216 g/mol. The minimum atomic E-state index is -0.651. The predicted molar refractivity (Wildman–Crippen MR) is 65.9 cm³/mol. The molecular formula is C13H20N2O2. The number of hydrogen-bond acceptors (Lipinski definition) is 2. The number of carbonyl (C=O) groups is 1. The molecule has 0 aliphatic carbocycles. The first kappa shape index (κ1) is 12.2. The molecule has 2 N–H and O–H groups in total. The van der Waals surface area contributed by atoms with Crippen LogP contribution in [0.1, 0.15) is 25.5 Å². The van der Waals surface area contributed by atoms with Crippen molar-refractivity contribution < 1.29 is 9.90 Å². The van der Waals surface area contributed by atoms with Crippen molar-refractivity contribution in [2.45, 2.75) is 32.2 Å². The van der Waals surface area contributed by atoms with Gasteiger partial charge < -0.3 is 10.1 Å². The smallest absolute Gasteiger partial charge is 0.307 e.